The number of hydrogen-bond acceptors (Lipinski definition) is 4. The standard InChI is InChI=1S/C11H16N2O2S/c1-9(12-2)7-8-16-11-5-3-10(4-6-11)13(14)15/h3-6,9,12H,7-8H2,1-2H3. The number of nitrogens with one attached hydrogen (secondary N) is 1. The second-order valence-corrected chi connectivity index (χ2v) is 4.75. The summed E-state index contributed by atoms with van der Waals surface area (Å²) in [5.41, 5.74) is 0.146. The third-order valence-electron chi connectivity index (χ3n) is 2.36. The van der Waals surface area contributed by atoms with Gasteiger partial charge in [0.15, 0.2) is 0 Å². The summed E-state index contributed by atoms with van der Waals surface area (Å²) in [6, 6.07) is 7.19. The van der Waals surface area contributed by atoms with Crippen LogP contribution in [-0.4, -0.2) is 23.8 Å². The maximum atomic E-state index is 10.4. The summed E-state index contributed by atoms with van der Waals surface area (Å²) in [7, 11) is 1.95. The van der Waals surface area contributed by atoms with Gasteiger partial charge >= 0.3 is 0 Å². The molecule has 0 aliphatic rings. The first-order valence-corrected chi connectivity index (χ1v) is 6.16. The number of hydrogen-bond donors (Lipinski definition) is 1. The second-order valence-electron chi connectivity index (χ2n) is 3.58. The zero-order chi connectivity index (χ0) is 12.0. The summed E-state index contributed by atoms with van der Waals surface area (Å²) in [5.74, 6) is 1.01. The smallest absolute Gasteiger partial charge is 0.269 e. The molecule has 0 saturated carbocycles. The topological polar surface area (TPSA) is 55.2 Å². The highest BCUT2D eigenvalue weighted by Crippen LogP contribution is 2.22. The zero-order valence-corrected chi connectivity index (χ0v) is 10.3. The molecule has 16 heavy (non-hydrogen) atoms. The van der Waals surface area contributed by atoms with Gasteiger partial charge in [-0.05, 0) is 38.3 Å². The molecule has 0 spiro atoms. The Morgan fingerprint density at radius 3 is 2.56 bits per heavy atom. The predicted molar refractivity (Wildman–Crippen MR) is 67.0 cm³/mol. The zero-order valence-electron chi connectivity index (χ0n) is 9.47. The lowest BCUT2D eigenvalue weighted by atomic mass is 10.3. The highest BCUT2D eigenvalue weighted by Gasteiger charge is 2.04. The van der Waals surface area contributed by atoms with Crippen LogP contribution in [0, 0.1) is 10.1 Å². The minimum atomic E-state index is -0.377. The molecule has 0 heterocycles. The molecular weight excluding hydrogens is 224 g/mol. The van der Waals surface area contributed by atoms with Crippen LogP contribution < -0.4 is 5.32 Å². The van der Waals surface area contributed by atoms with Crippen molar-refractivity contribution in [3.05, 3.63) is 34.4 Å². The second kappa shape index (κ2) is 6.50. The van der Waals surface area contributed by atoms with Crippen LogP contribution in [0.15, 0.2) is 29.2 Å². The van der Waals surface area contributed by atoms with E-state index in [-0.39, 0.29) is 10.6 Å². The first-order chi connectivity index (χ1) is 7.63. The fraction of sp³-hybridized carbons (Fsp3) is 0.455. The number of nitrogens with zero attached hydrogens (tertiary/aromatic N) is 1. The van der Waals surface area contributed by atoms with Crippen molar-refractivity contribution >= 4 is 17.4 Å². The molecule has 1 atom stereocenters. The van der Waals surface area contributed by atoms with E-state index in [1.807, 2.05) is 7.05 Å². The van der Waals surface area contributed by atoms with Crippen LogP contribution in [0.25, 0.3) is 0 Å². The maximum Gasteiger partial charge on any atom is 0.269 e. The molecule has 0 amide bonds. The van der Waals surface area contributed by atoms with Crippen molar-refractivity contribution < 1.29 is 4.92 Å². The van der Waals surface area contributed by atoms with Gasteiger partial charge in [0.05, 0.1) is 4.92 Å². The highest BCUT2D eigenvalue weighted by atomic mass is 32.2. The molecule has 1 unspecified atom stereocenters. The summed E-state index contributed by atoms with van der Waals surface area (Å²) in [6.07, 6.45) is 1.08. The average Bonchev–Trinajstić information content (AvgIpc) is 2.29. The summed E-state index contributed by atoms with van der Waals surface area (Å²) in [4.78, 5) is 11.1. The summed E-state index contributed by atoms with van der Waals surface area (Å²) in [6.45, 7) is 2.14. The predicted octanol–water partition coefficient (Wildman–Crippen LogP) is 2.68. The molecule has 0 bridgehead atoms. The van der Waals surface area contributed by atoms with Crippen LogP contribution in [0.4, 0.5) is 5.69 Å². The van der Waals surface area contributed by atoms with Gasteiger partial charge < -0.3 is 5.32 Å². The minimum absolute atomic E-state index is 0.146. The largest absolute Gasteiger partial charge is 0.317 e. The van der Waals surface area contributed by atoms with Gasteiger partial charge in [0, 0.05) is 23.1 Å². The van der Waals surface area contributed by atoms with Gasteiger partial charge in [0.25, 0.3) is 5.69 Å². The third kappa shape index (κ3) is 4.20. The Labute approximate surface area is 99.6 Å². The molecule has 4 nitrogen and oxygen atoms in total. The van der Waals surface area contributed by atoms with Crippen molar-refractivity contribution in [2.75, 3.05) is 12.8 Å². The molecule has 0 aliphatic heterocycles. The fourth-order valence-electron chi connectivity index (χ4n) is 1.16. The van der Waals surface area contributed by atoms with Gasteiger partial charge in [0.2, 0.25) is 0 Å². The Morgan fingerprint density at radius 1 is 1.44 bits per heavy atom. The molecule has 0 aromatic heterocycles. The maximum absolute atomic E-state index is 10.4. The molecule has 1 aromatic rings. The van der Waals surface area contributed by atoms with Crippen LogP contribution in [0.3, 0.4) is 0 Å². The van der Waals surface area contributed by atoms with Gasteiger partial charge in [-0.15, -0.1) is 11.8 Å². The van der Waals surface area contributed by atoms with Crippen molar-refractivity contribution in [2.24, 2.45) is 0 Å². The van der Waals surface area contributed by atoms with Crippen molar-refractivity contribution in [1.29, 1.82) is 0 Å². The Hall–Kier alpha value is -1.07. The molecule has 1 rings (SSSR count). The Morgan fingerprint density at radius 2 is 2.06 bits per heavy atom. The van der Waals surface area contributed by atoms with Crippen molar-refractivity contribution in [1.82, 2.24) is 5.32 Å². The Kier molecular flexibility index (Phi) is 5.28. The van der Waals surface area contributed by atoms with E-state index < -0.39 is 0 Å². The molecule has 1 aromatic carbocycles. The molecule has 0 radical (unpaired) electrons. The summed E-state index contributed by atoms with van der Waals surface area (Å²) >= 11 is 1.72. The van der Waals surface area contributed by atoms with Crippen LogP contribution in [0.1, 0.15) is 13.3 Å². The minimum Gasteiger partial charge on any atom is -0.317 e. The normalized spacial score (nSPS) is 12.4. The van der Waals surface area contributed by atoms with Crippen LogP contribution >= 0.6 is 11.8 Å². The van der Waals surface area contributed by atoms with Gasteiger partial charge in [-0.3, -0.25) is 10.1 Å². The lowest BCUT2D eigenvalue weighted by Crippen LogP contribution is -2.21. The SMILES string of the molecule is CNC(C)CCSc1ccc([N+](=O)[O-])cc1. The first kappa shape index (κ1) is 13.0. The van der Waals surface area contributed by atoms with Crippen LogP contribution in [0.2, 0.25) is 0 Å². The van der Waals surface area contributed by atoms with E-state index in [4.69, 9.17) is 0 Å². The van der Waals surface area contributed by atoms with E-state index in [0.29, 0.717) is 6.04 Å². The first-order valence-electron chi connectivity index (χ1n) is 5.18. The van der Waals surface area contributed by atoms with Crippen molar-refractivity contribution in [2.45, 2.75) is 24.3 Å². The van der Waals surface area contributed by atoms with E-state index in [1.165, 1.54) is 0 Å². The quantitative estimate of drug-likeness (QED) is 0.472. The van der Waals surface area contributed by atoms with Gasteiger partial charge in [-0.25, -0.2) is 0 Å². The number of non-ortho nitro benzene ring substituents is 1. The fourth-order valence-corrected chi connectivity index (χ4v) is 2.20. The van der Waals surface area contributed by atoms with Crippen LogP contribution in [-0.2, 0) is 0 Å². The number of rotatable bonds is 6. The molecular formula is C11H16N2O2S. The Balaban J connectivity index is 2.40. The lowest BCUT2D eigenvalue weighted by Gasteiger charge is -2.08. The number of nitro benzene ring substituents is 1. The number of benzene rings is 1. The molecule has 5 heteroatoms. The molecule has 0 aliphatic carbocycles. The Bertz CT molecular complexity index is 340. The van der Waals surface area contributed by atoms with E-state index >= 15 is 0 Å². The molecule has 1 N–H and O–H groups in total. The van der Waals surface area contributed by atoms with E-state index in [0.717, 1.165) is 17.1 Å². The van der Waals surface area contributed by atoms with Gasteiger partial charge in [-0.2, -0.15) is 0 Å². The van der Waals surface area contributed by atoms with E-state index in [9.17, 15) is 10.1 Å². The average molecular weight is 240 g/mol. The monoisotopic (exact) mass is 240 g/mol. The van der Waals surface area contributed by atoms with Crippen molar-refractivity contribution in [3.63, 3.8) is 0 Å². The van der Waals surface area contributed by atoms with Crippen molar-refractivity contribution in [3.8, 4) is 0 Å². The highest BCUT2D eigenvalue weighted by molar-refractivity contribution is 7.99. The van der Waals surface area contributed by atoms with Gasteiger partial charge in [-0.1, -0.05) is 0 Å². The van der Waals surface area contributed by atoms with Crippen LogP contribution in [0.5, 0.6) is 0 Å². The summed E-state index contributed by atoms with van der Waals surface area (Å²) < 4.78 is 0. The van der Waals surface area contributed by atoms with Gasteiger partial charge in [0.1, 0.15) is 0 Å². The number of nitro groups is 1. The summed E-state index contributed by atoms with van der Waals surface area (Å²) in [5, 5.41) is 13.6. The lowest BCUT2D eigenvalue weighted by molar-refractivity contribution is -0.384. The number of thioether (sulfide) groups is 1. The third-order valence-corrected chi connectivity index (χ3v) is 3.41. The van der Waals surface area contributed by atoms with E-state index in [2.05, 4.69) is 12.2 Å². The molecule has 88 valence electrons. The molecule has 0 saturated heterocycles. The van der Waals surface area contributed by atoms with E-state index in [1.54, 1.807) is 36.0 Å². The molecule has 0 fully saturated rings.